The Morgan fingerprint density at radius 1 is 1.22 bits per heavy atom. The van der Waals surface area contributed by atoms with Crippen LogP contribution < -0.4 is 5.32 Å². The zero-order valence-corrected chi connectivity index (χ0v) is 15.7. The minimum atomic E-state index is 0.102. The monoisotopic (exact) mass is 323 g/mol. The van der Waals surface area contributed by atoms with E-state index >= 15 is 0 Å². The van der Waals surface area contributed by atoms with Crippen molar-refractivity contribution in [3.05, 3.63) is 0 Å². The van der Waals surface area contributed by atoms with Crippen molar-refractivity contribution in [1.29, 1.82) is 0 Å². The molecule has 0 aromatic rings. The van der Waals surface area contributed by atoms with Crippen molar-refractivity contribution in [2.75, 3.05) is 32.7 Å². The predicted molar refractivity (Wildman–Crippen MR) is 96.5 cm³/mol. The minimum absolute atomic E-state index is 0.102. The summed E-state index contributed by atoms with van der Waals surface area (Å²) in [6, 6.07) is 0.343. The first-order chi connectivity index (χ1) is 11.0. The summed E-state index contributed by atoms with van der Waals surface area (Å²) in [5.74, 6) is 1.81. The number of amides is 1. The molecular formula is C19H37N3O. The maximum absolute atomic E-state index is 12.7. The van der Waals surface area contributed by atoms with Crippen LogP contribution in [0.15, 0.2) is 0 Å². The van der Waals surface area contributed by atoms with Gasteiger partial charge in [-0.2, -0.15) is 0 Å². The van der Waals surface area contributed by atoms with Crippen molar-refractivity contribution in [3.63, 3.8) is 0 Å². The third-order valence-electron chi connectivity index (χ3n) is 5.29. The molecule has 1 N–H and O–H groups in total. The third-order valence-corrected chi connectivity index (χ3v) is 5.29. The smallest absolute Gasteiger partial charge is 0.237 e. The normalized spacial score (nSPS) is 31.7. The fourth-order valence-electron chi connectivity index (χ4n) is 4.56. The second kappa shape index (κ2) is 9.03. The number of carbonyl (C=O) groups excluding carboxylic acids is 1. The first kappa shape index (κ1) is 18.7. The molecule has 0 bridgehead atoms. The van der Waals surface area contributed by atoms with Crippen LogP contribution in [-0.2, 0) is 4.79 Å². The number of hydrogen-bond donors (Lipinski definition) is 1. The first-order valence-corrected chi connectivity index (χ1v) is 9.76. The molecule has 1 amide bonds. The van der Waals surface area contributed by atoms with Gasteiger partial charge < -0.3 is 10.2 Å². The molecule has 0 saturated carbocycles. The summed E-state index contributed by atoms with van der Waals surface area (Å²) in [6.45, 7) is 14.5. The van der Waals surface area contributed by atoms with Gasteiger partial charge in [0.25, 0.3) is 0 Å². The van der Waals surface area contributed by atoms with Crippen molar-refractivity contribution in [1.82, 2.24) is 15.1 Å². The molecule has 0 aromatic carbocycles. The van der Waals surface area contributed by atoms with E-state index in [-0.39, 0.29) is 18.0 Å². The van der Waals surface area contributed by atoms with E-state index in [0.29, 0.717) is 0 Å². The molecule has 134 valence electrons. The number of hydrogen-bond acceptors (Lipinski definition) is 3. The summed E-state index contributed by atoms with van der Waals surface area (Å²) in [4.78, 5) is 17.6. The van der Waals surface area contributed by atoms with Crippen LogP contribution in [0.2, 0.25) is 0 Å². The van der Waals surface area contributed by atoms with Crippen LogP contribution in [0.5, 0.6) is 0 Å². The number of nitrogens with zero attached hydrogens (tertiary/aromatic N) is 2. The van der Waals surface area contributed by atoms with E-state index in [1.165, 1.54) is 32.4 Å². The Morgan fingerprint density at radius 3 is 2.57 bits per heavy atom. The maximum Gasteiger partial charge on any atom is 0.237 e. The zero-order chi connectivity index (χ0) is 16.8. The molecule has 2 fully saturated rings. The Morgan fingerprint density at radius 2 is 1.91 bits per heavy atom. The highest BCUT2D eigenvalue weighted by atomic mass is 16.2. The number of nitrogens with one attached hydrogen (secondary N) is 1. The van der Waals surface area contributed by atoms with Crippen molar-refractivity contribution in [2.45, 2.75) is 71.9 Å². The quantitative estimate of drug-likeness (QED) is 0.816. The highest BCUT2D eigenvalue weighted by molar-refractivity contribution is 5.82. The van der Waals surface area contributed by atoms with Gasteiger partial charge in [-0.05, 0) is 57.5 Å². The van der Waals surface area contributed by atoms with E-state index in [1.54, 1.807) is 0 Å². The average Bonchev–Trinajstić information content (AvgIpc) is 2.46. The van der Waals surface area contributed by atoms with E-state index in [0.717, 1.165) is 44.3 Å². The van der Waals surface area contributed by atoms with E-state index < -0.39 is 0 Å². The maximum atomic E-state index is 12.7. The number of carbonyl (C=O) groups is 1. The average molecular weight is 324 g/mol. The highest BCUT2D eigenvalue weighted by Gasteiger charge is 2.29. The molecule has 2 saturated heterocycles. The number of rotatable bonds is 6. The van der Waals surface area contributed by atoms with Gasteiger partial charge in [-0.3, -0.25) is 9.69 Å². The Labute approximate surface area is 143 Å². The summed E-state index contributed by atoms with van der Waals surface area (Å²) in [7, 11) is 0. The SMILES string of the molecule is CCCN1CCCCC1C(=O)NC(C)CN1CC(C)CC(C)C1. The fourth-order valence-corrected chi connectivity index (χ4v) is 4.56. The molecule has 4 heteroatoms. The largest absolute Gasteiger partial charge is 0.351 e. The van der Waals surface area contributed by atoms with Gasteiger partial charge in [0, 0.05) is 25.7 Å². The zero-order valence-electron chi connectivity index (χ0n) is 15.7. The van der Waals surface area contributed by atoms with Crippen LogP contribution in [0.25, 0.3) is 0 Å². The van der Waals surface area contributed by atoms with Crippen LogP contribution >= 0.6 is 0 Å². The summed E-state index contributed by atoms with van der Waals surface area (Å²) < 4.78 is 0. The molecule has 0 aliphatic carbocycles. The minimum Gasteiger partial charge on any atom is -0.351 e. The Bertz CT molecular complexity index is 362. The van der Waals surface area contributed by atoms with E-state index in [9.17, 15) is 4.79 Å². The standard InChI is InChI=1S/C19H37N3O/c1-5-9-22-10-7-6-8-18(22)19(23)20-17(4)14-21-12-15(2)11-16(3)13-21/h15-18H,5-14H2,1-4H3,(H,20,23). The van der Waals surface area contributed by atoms with Gasteiger partial charge in [-0.25, -0.2) is 0 Å². The van der Waals surface area contributed by atoms with E-state index in [1.807, 2.05) is 0 Å². The Kier molecular flexibility index (Phi) is 7.35. The van der Waals surface area contributed by atoms with Gasteiger partial charge in [-0.1, -0.05) is 27.2 Å². The summed E-state index contributed by atoms with van der Waals surface area (Å²) in [5.41, 5.74) is 0. The predicted octanol–water partition coefficient (Wildman–Crippen LogP) is 2.73. The lowest BCUT2D eigenvalue weighted by atomic mass is 9.91. The van der Waals surface area contributed by atoms with E-state index in [2.05, 4.69) is 42.8 Å². The lowest BCUT2D eigenvalue weighted by molar-refractivity contribution is -0.128. The molecule has 4 nitrogen and oxygen atoms in total. The molecule has 4 atom stereocenters. The molecule has 2 rings (SSSR count). The number of piperidine rings is 2. The summed E-state index contributed by atoms with van der Waals surface area (Å²) >= 11 is 0. The van der Waals surface area contributed by atoms with Crippen molar-refractivity contribution >= 4 is 5.91 Å². The van der Waals surface area contributed by atoms with Gasteiger partial charge in [-0.15, -0.1) is 0 Å². The lowest BCUT2D eigenvalue weighted by Gasteiger charge is -2.38. The molecule has 4 unspecified atom stereocenters. The van der Waals surface area contributed by atoms with Crippen LogP contribution in [0, 0.1) is 11.8 Å². The van der Waals surface area contributed by atoms with Crippen LogP contribution in [-0.4, -0.2) is 60.5 Å². The number of likely N-dealkylation sites (tertiary alicyclic amines) is 2. The lowest BCUT2D eigenvalue weighted by Crippen LogP contribution is -2.54. The fraction of sp³-hybridized carbons (Fsp3) is 0.947. The topological polar surface area (TPSA) is 35.6 Å². The molecule has 0 radical (unpaired) electrons. The highest BCUT2D eigenvalue weighted by Crippen LogP contribution is 2.21. The van der Waals surface area contributed by atoms with Crippen LogP contribution in [0.1, 0.15) is 59.8 Å². The van der Waals surface area contributed by atoms with Gasteiger partial charge in [0.05, 0.1) is 6.04 Å². The molecule has 0 aromatic heterocycles. The molecule has 0 spiro atoms. The van der Waals surface area contributed by atoms with Crippen molar-refractivity contribution < 1.29 is 4.79 Å². The summed E-state index contributed by atoms with van der Waals surface area (Å²) in [6.07, 6.45) is 5.92. The van der Waals surface area contributed by atoms with Crippen molar-refractivity contribution in [3.8, 4) is 0 Å². The Hall–Kier alpha value is -0.610. The van der Waals surface area contributed by atoms with Gasteiger partial charge in [0.2, 0.25) is 5.91 Å². The summed E-state index contributed by atoms with van der Waals surface area (Å²) in [5, 5.41) is 3.29. The first-order valence-electron chi connectivity index (χ1n) is 9.76. The van der Waals surface area contributed by atoms with Gasteiger partial charge >= 0.3 is 0 Å². The van der Waals surface area contributed by atoms with E-state index in [4.69, 9.17) is 0 Å². The van der Waals surface area contributed by atoms with Gasteiger partial charge in [0.1, 0.15) is 0 Å². The second-order valence-corrected chi connectivity index (χ2v) is 8.12. The van der Waals surface area contributed by atoms with Crippen molar-refractivity contribution in [2.24, 2.45) is 11.8 Å². The van der Waals surface area contributed by atoms with Gasteiger partial charge in [0.15, 0.2) is 0 Å². The molecular weight excluding hydrogens is 286 g/mol. The molecule has 2 aliphatic heterocycles. The third kappa shape index (κ3) is 5.75. The Balaban J connectivity index is 1.81. The second-order valence-electron chi connectivity index (χ2n) is 8.12. The molecule has 2 heterocycles. The van der Waals surface area contributed by atoms with Crippen LogP contribution in [0.4, 0.5) is 0 Å². The molecule has 2 aliphatic rings. The molecule has 23 heavy (non-hydrogen) atoms. The van der Waals surface area contributed by atoms with Crippen LogP contribution in [0.3, 0.4) is 0 Å².